The molecule has 1 unspecified atom stereocenters. The lowest BCUT2D eigenvalue weighted by Crippen LogP contribution is -2.30. The number of hydrogen-bond donors (Lipinski definition) is 0. The lowest BCUT2D eigenvalue weighted by Gasteiger charge is -2.14. The molecule has 1 aromatic carbocycles. The molecule has 1 aromatic rings. The van der Waals surface area contributed by atoms with Crippen LogP contribution in [-0.4, -0.2) is 24.9 Å². The van der Waals surface area contributed by atoms with Gasteiger partial charge in [0.15, 0.2) is 0 Å². The Morgan fingerprint density at radius 1 is 1.29 bits per heavy atom. The number of aryl methyl sites for hydroxylation is 1. The van der Waals surface area contributed by atoms with Crippen LogP contribution in [0, 0.1) is 17.2 Å². The van der Waals surface area contributed by atoms with Crippen LogP contribution in [0.4, 0.5) is 0 Å². The Hall–Kier alpha value is -1.82. The molecule has 1 atom stereocenters. The number of nitriles is 1. The van der Waals surface area contributed by atoms with Crippen molar-refractivity contribution in [2.75, 3.05) is 14.1 Å². The molecule has 3 heteroatoms. The first kappa shape index (κ1) is 13.2. The Morgan fingerprint density at radius 3 is 2.24 bits per heavy atom. The van der Waals surface area contributed by atoms with E-state index in [0.29, 0.717) is 6.42 Å². The molecule has 3 nitrogen and oxygen atoms in total. The Kier molecular flexibility index (Phi) is 4.71. The number of hydrogen-bond acceptors (Lipinski definition) is 2. The van der Waals surface area contributed by atoms with E-state index in [0.717, 1.165) is 12.0 Å². The van der Waals surface area contributed by atoms with Crippen LogP contribution in [0.2, 0.25) is 0 Å². The van der Waals surface area contributed by atoms with Crippen LogP contribution in [0.3, 0.4) is 0 Å². The number of amides is 1. The molecule has 0 aromatic heterocycles. The molecule has 0 heterocycles. The van der Waals surface area contributed by atoms with E-state index in [-0.39, 0.29) is 5.91 Å². The number of nitrogens with zero attached hydrogens (tertiary/aromatic N) is 2. The van der Waals surface area contributed by atoms with Gasteiger partial charge in [-0.15, -0.1) is 0 Å². The van der Waals surface area contributed by atoms with Crippen molar-refractivity contribution < 1.29 is 4.79 Å². The number of carbonyl (C=O) groups excluding carboxylic acids is 1. The second kappa shape index (κ2) is 6.05. The van der Waals surface area contributed by atoms with Crippen molar-refractivity contribution in [2.24, 2.45) is 5.92 Å². The van der Waals surface area contributed by atoms with Gasteiger partial charge in [0, 0.05) is 14.1 Å². The van der Waals surface area contributed by atoms with Gasteiger partial charge in [0.1, 0.15) is 5.92 Å². The molecule has 0 radical (unpaired) electrons. The fraction of sp³-hybridized carbons (Fsp3) is 0.429. The van der Waals surface area contributed by atoms with Crippen molar-refractivity contribution in [3.63, 3.8) is 0 Å². The molecule has 0 saturated carbocycles. The summed E-state index contributed by atoms with van der Waals surface area (Å²) in [5.41, 5.74) is 2.30. The summed E-state index contributed by atoms with van der Waals surface area (Å²) in [4.78, 5) is 13.2. The first-order valence-electron chi connectivity index (χ1n) is 5.77. The lowest BCUT2D eigenvalue weighted by atomic mass is 9.98. The van der Waals surface area contributed by atoms with Gasteiger partial charge >= 0.3 is 0 Å². The van der Waals surface area contributed by atoms with Crippen LogP contribution >= 0.6 is 0 Å². The molecule has 0 aliphatic carbocycles. The van der Waals surface area contributed by atoms with E-state index in [1.165, 1.54) is 10.5 Å². The van der Waals surface area contributed by atoms with Gasteiger partial charge in [0.05, 0.1) is 6.07 Å². The Bertz CT molecular complexity index is 415. The molecular formula is C14H18N2O. The second-order valence-electron chi connectivity index (χ2n) is 4.29. The van der Waals surface area contributed by atoms with Crippen LogP contribution in [0.15, 0.2) is 24.3 Å². The molecule has 0 spiro atoms. The molecule has 0 N–H and O–H groups in total. The third-order valence-corrected chi connectivity index (χ3v) is 2.77. The summed E-state index contributed by atoms with van der Waals surface area (Å²) in [6.07, 6.45) is 1.48. The van der Waals surface area contributed by atoms with Gasteiger partial charge in [0.25, 0.3) is 0 Å². The Morgan fingerprint density at radius 2 is 1.82 bits per heavy atom. The predicted octanol–water partition coefficient (Wildman–Crippen LogP) is 2.02. The molecule has 0 aliphatic heterocycles. The van der Waals surface area contributed by atoms with Crippen LogP contribution in [0.25, 0.3) is 0 Å². The SMILES string of the molecule is CCc1ccc(CC(C#N)C(=O)N(C)C)cc1. The second-order valence-corrected chi connectivity index (χ2v) is 4.29. The molecule has 1 rings (SSSR count). The molecule has 0 saturated heterocycles. The minimum atomic E-state index is -0.586. The first-order valence-corrected chi connectivity index (χ1v) is 5.77. The fourth-order valence-electron chi connectivity index (χ4n) is 1.65. The summed E-state index contributed by atoms with van der Waals surface area (Å²) in [6, 6.07) is 10.1. The summed E-state index contributed by atoms with van der Waals surface area (Å²) in [5.74, 6) is -0.718. The maximum absolute atomic E-state index is 11.7. The highest BCUT2D eigenvalue weighted by Crippen LogP contribution is 2.12. The van der Waals surface area contributed by atoms with E-state index in [1.54, 1.807) is 14.1 Å². The zero-order valence-corrected chi connectivity index (χ0v) is 10.6. The largest absolute Gasteiger partial charge is 0.348 e. The van der Waals surface area contributed by atoms with Crippen molar-refractivity contribution in [3.8, 4) is 6.07 Å². The van der Waals surface area contributed by atoms with Gasteiger partial charge in [-0.25, -0.2) is 0 Å². The number of rotatable bonds is 4. The van der Waals surface area contributed by atoms with Gasteiger partial charge in [-0.3, -0.25) is 4.79 Å². The van der Waals surface area contributed by atoms with Crippen LogP contribution in [0.5, 0.6) is 0 Å². The zero-order chi connectivity index (χ0) is 12.8. The molecule has 1 amide bonds. The fourth-order valence-corrected chi connectivity index (χ4v) is 1.65. The van der Waals surface area contributed by atoms with Crippen LogP contribution in [0.1, 0.15) is 18.1 Å². The maximum Gasteiger partial charge on any atom is 0.239 e. The maximum atomic E-state index is 11.7. The smallest absolute Gasteiger partial charge is 0.239 e. The minimum Gasteiger partial charge on any atom is -0.348 e. The highest BCUT2D eigenvalue weighted by atomic mass is 16.2. The Labute approximate surface area is 103 Å². The monoisotopic (exact) mass is 230 g/mol. The summed E-state index contributed by atoms with van der Waals surface area (Å²) in [6.45, 7) is 2.10. The van der Waals surface area contributed by atoms with Crippen molar-refractivity contribution >= 4 is 5.91 Å². The van der Waals surface area contributed by atoms with Crippen molar-refractivity contribution in [3.05, 3.63) is 35.4 Å². The highest BCUT2D eigenvalue weighted by molar-refractivity contribution is 5.81. The van der Waals surface area contributed by atoms with E-state index in [2.05, 4.69) is 13.0 Å². The highest BCUT2D eigenvalue weighted by Gasteiger charge is 2.19. The van der Waals surface area contributed by atoms with E-state index in [9.17, 15) is 4.79 Å². The summed E-state index contributed by atoms with van der Waals surface area (Å²) < 4.78 is 0. The molecule has 0 aliphatic rings. The third kappa shape index (κ3) is 3.60. The summed E-state index contributed by atoms with van der Waals surface area (Å²) in [5, 5.41) is 9.01. The van der Waals surface area contributed by atoms with E-state index in [4.69, 9.17) is 5.26 Å². The van der Waals surface area contributed by atoms with Gasteiger partial charge < -0.3 is 4.90 Å². The molecule has 17 heavy (non-hydrogen) atoms. The first-order chi connectivity index (χ1) is 8.08. The quantitative estimate of drug-likeness (QED) is 0.794. The van der Waals surface area contributed by atoms with Gasteiger partial charge in [0.2, 0.25) is 5.91 Å². The molecular weight excluding hydrogens is 212 g/mol. The Balaban J connectivity index is 2.74. The summed E-state index contributed by atoms with van der Waals surface area (Å²) in [7, 11) is 3.35. The molecule has 90 valence electrons. The molecule has 0 fully saturated rings. The van der Waals surface area contributed by atoms with Crippen molar-refractivity contribution in [2.45, 2.75) is 19.8 Å². The molecule has 0 bridgehead atoms. The number of carbonyl (C=O) groups is 1. The van der Waals surface area contributed by atoms with Crippen molar-refractivity contribution in [1.82, 2.24) is 4.90 Å². The van der Waals surface area contributed by atoms with Gasteiger partial charge in [-0.2, -0.15) is 5.26 Å². The third-order valence-electron chi connectivity index (χ3n) is 2.77. The minimum absolute atomic E-state index is 0.132. The van der Waals surface area contributed by atoms with E-state index in [1.807, 2.05) is 24.3 Å². The van der Waals surface area contributed by atoms with Crippen LogP contribution in [-0.2, 0) is 17.6 Å². The normalized spacial score (nSPS) is 11.6. The summed E-state index contributed by atoms with van der Waals surface area (Å²) >= 11 is 0. The van der Waals surface area contributed by atoms with Gasteiger partial charge in [-0.05, 0) is 24.0 Å². The van der Waals surface area contributed by atoms with Crippen LogP contribution < -0.4 is 0 Å². The average Bonchev–Trinajstić information content (AvgIpc) is 2.35. The van der Waals surface area contributed by atoms with E-state index < -0.39 is 5.92 Å². The lowest BCUT2D eigenvalue weighted by molar-refractivity contribution is -0.131. The standard InChI is InChI=1S/C14H18N2O/c1-4-11-5-7-12(8-6-11)9-13(10-15)14(17)16(2)3/h5-8,13H,4,9H2,1-3H3. The average molecular weight is 230 g/mol. The van der Waals surface area contributed by atoms with Gasteiger partial charge in [-0.1, -0.05) is 31.2 Å². The van der Waals surface area contributed by atoms with E-state index >= 15 is 0 Å². The van der Waals surface area contributed by atoms with Crippen molar-refractivity contribution in [1.29, 1.82) is 5.26 Å². The zero-order valence-electron chi connectivity index (χ0n) is 10.6. The predicted molar refractivity (Wildman–Crippen MR) is 67.3 cm³/mol. The number of benzene rings is 1. The topological polar surface area (TPSA) is 44.1 Å².